The van der Waals surface area contributed by atoms with E-state index in [4.69, 9.17) is 0 Å². The van der Waals surface area contributed by atoms with E-state index in [1.807, 2.05) is 0 Å². The zero-order valence-corrected chi connectivity index (χ0v) is 12.5. The lowest BCUT2D eigenvalue weighted by Crippen LogP contribution is -2.33. The summed E-state index contributed by atoms with van der Waals surface area (Å²) >= 11 is 1.72. The molecule has 0 aliphatic carbocycles. The molecule has 0 saturated carbocycles. The van der Waals surface area contributed by atoms with Crippen molar-refractivity contribution in [3.8, 4) is 0 Å². The fraction of sp³-hybridized carbons (Fsp3) is 0.769. The van der Waals surface area contributed by atoms with E-state index in [1.165, 1.54) is 12.1 Å². The lowest BCUT2D eigenvalue weighted by Gasteiger charge is -2.23. The first-order chi connectivity index (χ1) is 8.01. The number of hydrogen-bond donors (Lipinski definition) is 1. The highest BCUT2D eigenvalue weighted by Gasteiger charge is 2.13. The van der Waals surface area contributed by atoms with Crippen molar-refractivity contribution in [1.29, 1.82) is 0 Å². The van der Waals surface area contributed by atoms with Gasteiger partial charge >= 0.3 is 0 Å². The van der Waals surface area contributed by atoms with Crippen LogP contribution >= 0.6 is 11.3 Å². The lowest BCUT2D eigenvalue weighted by atomic mass is 10.0. The Hall–Kier alpha value is -0.610. The van der Waals surface area contributed by atoms with E-state index in [9.17, 15) is 0 Å². The average Bonchev–Trinajstić information content (AvgIpc) is 2.63. The second kappa shape index (κ2) is 6.97. The maximum Gasteiger partial charge on any atom is 0.183 e. The van der Waals surface area contributed by atoms with E-state index in [0.29, 0.717) is 12.0 Å². The summed E-state index contributed by atoms with van der Waals surface area (Å²) in [6, 6.07) is 0.487. The Morgan fingerprint density at radius 2 is 2.12 bits per heavy atom. The van der Waals surface area contributed by atoms with Gasteiger partial charge < -0.3 is 10.2 Å². The summed E-state index contributed by atoms with van der Waals surface area (Å²) in [6.07, 6.45) is 2.19. The summed E-state index contributed by atoms with van der Waals surface area (Å²) in [5.41, 5.74) is 1.19. The van der Waals surface area contributed by atoms with Gasteiger partial charge in [-0.2, -0.15) is 0 Å². The Kier molecular flexibility index (Phi) is 5.92. The van der Waals surface area contributed by atoms with Crippen LogP contribution in [0.15, 0.2) is 5.38 Å². The largest absolute Gasteiger partial charge is 0.357 e. The molecule has 0 aliphatic heterocycles. The van der Waals surface area contributed by atoms with Crippen LogP contribution in [-0.4, -0.2) is 36.6 Å². The molecule has 3 nitrogen and oxygen atoms in total. The number of anilines is 1. The van der Waals surface area contributed by atoms with Crippen molar-refractivity contribution in [3.63, 3.8) is 0 Å². The number of aromatic nitrogens is 1. The Balaban J connectivity index is 2.57. The lowest BCUT2D eigenvalue weighted by molar-refractivity contribution is 0.356. The normalized spacial score (nSPS) is 13.4. The molecule has 1 rings (SSSR count). The van der Waals surface area contributed by atoms with Gasteiger partial charge in [0.2, 0.25) is 0 Å². The van der Waals surface area contributed by atoms with Crippen molar-refractivity contribution in [1.82, 2.24) is 9.88 Å². The van der Waals surface area contributed by atoms with Gasteiger partial charge in [0, 0.05) is 18.0 Å². The van der Waals surface area contributed by atoms with Gasteiger partial charge in [-0.3, -0.25) is 0 Å². The molecule has 4 heteroatoms. The van der Waals surface area contributed by atoms with E-state index >= 15 is 0 Å². The molecule has 1 atom stereocenters. The fourth-order valence-electron chi connectivity index (χ4n) is 1.90. The molecule has 0 radical (unpaired) electrons. The number of nitrogens with one attached hydrogen (secondary N) is 1. The summed E-state index contributed by atoms with van der Waals surface area (Å²) in [5.74, 6) is 0.707. The minimum atomic E-state index is 0.487. The predicted octanol–water partition coefficient (Wildman–Crippen LogP) is 3.09. The van der Waals surface area contributed by atoms with Crippen molar-refractivity contribution < 1.29 is 0 Å². The summed E-state index contributed by atoms with van der Waals surface area (Å²) < 4.78 is 0. The first-order valence-electron chi connectivity index (χ1n) is 6.37. The average molecular weight is 255 g/mol. The Morgan fingerprint density at radius 3 is 2.59 bits per heavy atom. The Labute approximate surface area is 109 Å². The highest BCUT2D eigenvalue weighted by Crippen LogP contribution is 2.19. The van der Waals surface area contributed by atoms with Gasteiger partial charge in [0.1, 0.15) is 0 Å². The van der Waals surface area contributed by atoms with E-state index in [-0.39, 0.29) is 0 Å². The minimum absolute atomic E-state index is 0.487. The van der Waals surface area contributed by atoms with Crippen molar-refractivity contribution in [2.75, 3.05) is 26.0 Å². The zero-order chi connectivity index (χ0) is 12.8. The smallest absolute Gasteiger partial charge is 0.183 e. The van der Waals surface area contributed by atoms with Gasteiger partial charge in [0.25, 0.3) is 0 Å². The summed E-state index contributed by atoms with van der Waals surface area (Å²) in [6.45, 7) is 7.73. The first kappa shape index (κ1) is 14.5. The molecule has 0 bridgehead atoms. The third-order valence-electron chi connectivity index (χ3n) is 2.58. The first-order valence-corrected chi connectivity index (χ1v) is 7.24. The number of aryl methyl sites for hydroxylation is 1. The van der Waals surface area contributed by atoms with Crippen LogP contribution in [0.2, 0.25) is 0 Å². The quantitative estimate of drug-likeness (QED) is 0.811. The molecule has 0 spiro atoms. The van der Waals surface area contributed by atoms with Crippen LogP contribution < -0.4 is 5.32 Å². The van der Waals surface area contributed by atoms with Crippen LogP contribution in [0.4, 0.5) is 5.13 Å². The van der Waals surface area contributed by atoms with E-state index in [0.717, 1.165) is 18.1 Å². The van der Waals surface area contributed by atoms with Crippen molar-refractivity contribution in [2.45, 2.75) is 39.7 Å². The number of likely N-dealkylation sites (N-methyl/N-ethyl adjacent to an activating group) is 1. The standard InChI is InChI=1S/C13H25N3S/c1-6-11-9-17-13(14-11)15-12(7-10(2)3)8-16(4)5/h9-10,12H,6-8H2,1-5H3,(H,14,15). The fourth-order valence-corrected chi connectivity index (χ4v) is 2.77. The van der Waals surface area contributed by atoms with E-state index in [2.05, 4.69) is 55.4 Å². The molecule has 0 fully saturated rings. The van der Waals surface area contributed by atoms with Crippen LogP contribution in [0, 0.1) is 5.92 Å². The maximum atomic E-state index is 4.57. The topological polar surface area (TPSA) is 28.2 Å². The second-order valence-corrected chi connectivity index (χ2v) is 6.09. The number of nitrogens with zero attached hydrogens (tertiary/aromatic N) is 2. The van der Waals surface area contributed by atoms with Crippen LogP contribution in [-0.2, 0) is 6.42 Å². The molecular formula is C13H25N3S. The van der Waals surface area contributed by atoms with Crippen LogP contribution in [0.5, 0.6) is 0 Å². The van der Waals surface area contributed by atoms with E-state index < -0.39 is 0 Å². The third kappa shape index (κ3) is 5.50. The second-order valence-electron chi connectivity index (χ2n) is 5.23. The molecule has 1 unspecified atom stereocenters. The number of rotatable bonds is 7. The SMILES string of the molecule is CCc1csc(NC(CC(C)C)CN(C)C)n1. The van der Waals surface area contributed by atoms with Gasteiger partial charge in [-0.05, 0) is 32.9 Å². The number of thiazole rings is 1. The molecular weight excluding hydrogens is 230 g/mol. The summed E-state index contributed by atoms with van der Waals surface area (Å²) in [7, 11) is 4.24. The van der Waals surface area contributed by atoms with Gasteiger partial charge in [0.15, 0.2) is 5.13 Å². The molecule has 1 N–H and O–H groups in total. The van der Waals surface area contributed by atoms with Crippen LogP contribution in [0.1, 0.15) is 32.9 Å². The molecule has 1 aromatic heterocycles. The van der Waals surface area contributed by atoms with Gasteiger partial charge in [0.05, 0.1) is 5.69 Å². The van der Waals surface area contributed by atoms with Crippen LogP contribution in [0.3, 0.4) is 0 Å². The van der Waals surface area contributed by atoms with Crippen molar-refractivity contribution in [3.05, 3.63) is 11.1 Å². The zero-order valence-electron chi connectivity index (χ0n) is 11.7. The highest BCUT2D eigenvalue weighted by molar-refractivity contribution is 7.13. The van der Waals surface area contributed by atoms with Gasteiger partial charge in [-0.1, -0.05) is 20.8 Å². The highest BCUT2D eigenvalue weighted by atomic mass is 32.1. The monoisotopic (exact) mass is 255 g/mol. The predicted molar refractivity (Wildman–Crippen MR) is 76.9 cm³/mol. The van der Waals surface area contributed by atoms with Gasteiger partial charge in [-0.15, -0.1) is 11.3 Å². The van der Waals surface area contributed by atoms with Crippen molar-refractivity contribution in [2.24, 2.45) is 5.92 Å². The molecule has 17 heavy (non-hydrogen) atoms. The molecule has 0 amide bonds. The summed E-state index contributed by atoms with van der Waals surface area (Å²) in [5, 5.41) is 6.77. The van der Waals surface area contributed by atoms with E-state index in [1.54, 1.807) is 11.3 Å². The minimum Gasteiger partial charge on any atom is -0.357 e. The summed E-state index contributed by atoms with van der Waals surface area (Å²) in [4.78, 5) is 6.80. The Morgan fingerprint density at radius 1 is 1.41 bits per heavy atom. The Bertz CT molecular complexity index is 310. The maximum absolute atomic E-state index is 4.57. The number of hydrogen-bond acceptors (Lipinski definition) is 4. The molecule has 98 valence electrons. The van der Waals surface area contributed by atoms with Crippen LogP contribution in [0.25, 0.3) is 0 Å². The molecule has 0 aromatic carbocycles. The van der Waals surface area contributed by atoms with Crippen molar-refractivity contribution >= 4 is 16.5 Å². The molecule has 0 saturated heterocycles. The molecule has 1 aromatic rings. The van der Waals surface area contributed by atoms with Gasteiger partial charge in [-0.25, -0.2) is 4.98 Å². The molecule has 0 aliphatic rings. The third-order valence-corrected chi connectivity index (χ3v) is 3.41. The molecule has 1 heterocycles.